The van der Waals surface area contributed by atoms with Crippen LogP contribution < -0.4 is 20.4 Å². The molecular weight excluding hydrogens is 336 g/mol. The van der Waals surface area contributed by atoms with Gasteiger partial charge in [0.15, 0.2) is 0 Å². The predicted molar refractivity (Wildman–Crippen MR) is 93.1 cm³/mol. The smallest absolute Gasteiger partial charge is 0.326 e. The van der Waals surface area contributed by atoms with E-state index < -0.39 is 11.9 Å². The van der Waals surface area contributed by atoms with Crippen LogP contribution in [0.2, 0.25) is 0 Å². The average molecular weight is 352 g/mol. The van der Waals surface area contributed by atoms with Crippen LogP contribution in [-0.4, -0.2) is 58.1 Å². The highest BCUT2D eigenvalue weighted by Gasteiger charge is 2.24. The van der Waals surface area contributed by atoms with Gasteiger partial charge >= 0.3 is 6.03 Å². The van der Waals surface area contributed by atoms with E-state index in [2.05, 4.69) is 40.4 Å². The van der Waals surface area contributed by atoms with Gasteiger partial charge in [0.1, 0.15) is 5.70 Å². The van der Waals surface area contributed by atoms with Crippen molar-refractivity contribution in [3.8, 4) is 0 Å². The number of hydrogen-bond acceptors (Lipinski definition) is 8. The second-order valence-corrected chi connectivity index (χ2v) is 5.77. The Morgan fingerprint density at radius 2 is 1.54 bits per heavy atom. The number of piperazine rings is 1. The van der Waals surface area contributed by atoms with E-state index in [1.165, 1.54) is 6.08 Å². The van der Waals surface area contributed by atoms with Crippen molar-refractivity contribution in [1.29, 1.82) is 0 Å². The second-order valence-electron chi connectivity index (χ2n) is 5.77. The molecule has 2 aliphatic rings. The third kappa shape index (κ3) is 3.29. The van der Waals surface area contributed by atoms with Gasteiger partial charge in [-0.3, -0.25) is 10.1 Å². The number of aromatic nitrogens is 4. The lowest BCUT2D eigenvalue weighted by molar-refractivity contribution is -0.115. The molecule has 0 bridgehead atoms. The zero-order valence-corrected chi connectivity index (χ0v) is 13.8. The monoisotopic (exact) mass is 352 g/mol. The summed E-state index contributed by atoms with van der Waals surface area (Å²) in [5.41, 5.74) is 0.724. The van der Waals surface area contributed by atoms with E-state index in [0.29, 0.717) is 11.6 Å². The molecule has 2 N–H and O–H groups in total. The van der Waals surface area contributed by atoms with Gasteiger partial charge in [-0.15, -0.1) is 0 Å². The standard InChI is InChI=1S/C16H16N8O2/c25-13-12(21-16(26)22-13)10-11-2-5-19-15(20-11)24-8-6-23(7-9-24)14-17-3-1-4-18-14/h1-5,10H,6-9H2,(H2,21,22,25,26)/b12-10+. The molecule has 4 rings (SSSR count). The van der Waals surface area contributed by atoms with Crippen LogP contribution in [0.3, 0.4) is 0 Å². The summed E-state index contributed by atoms with van der Waals surface area (Å²) in [7, 11) is 0. The summed E-state index contributed by atoms with van der Waals surface area (Å²) in [5.74, 6) is 0.832. The van der Waals surface area contributed by atoms with E-state index in [4.69, 9.17) is 0 Å². The number of hydrogen-bond donors (Lipinski definition) is 2. The van der Waals surface area contributed by atoms with Gasteiger partial charge in [0, 0.05) is 44.8 Å². The number of nitrogens with zero attached hydrogens (tertiary/aromatic N) is 6. The molecule has 2 aromatic rings. The van der Waals surface area contributed by atoms with Crippen molar-refractivity contribution in [2.45, 2.75) is 0 Å². The van der Waals surface area contributed by atoms with Gasteiger partial charge in [0.2, 0.25) is 11.9 Å². The van der Waals surface area contributed by atoms with Crippen molar-refractivity contribution in [1.82, 2.24) is 30.6 Å². The van der Waals surface area contributed by atoms with E-state index >= 15 is 0 Å². The first-order valence-electron chi connectivity index (χ1n) is 8.13. The fraction of sp³-hybridized carbons (Fsp3) is 0.250. The Kier molecular flexibility index (Phi) is 4.14. The first-order chi connectivity index (χ1) is 12.7. The number of carbonyl (C=O) groups excluding carboxylic acids is 2. The average Bonchev–Trinajstić information content (AvgIpc) is 3.00. The van der Waals surface area contributed by atoms with Gasteiger partial charge < -0.3 is 15.1 Å². The molecule has 0 aliphatic carbocycles. The highest BCUT2D eigenvalue weighted by Crippen LogP contribution is 2.15. The van der Waals surface area contributed by atoms with Gasteiger partial charge in [-0.1, -0.05) is 0 Å². The van der Waals surface area contributed by atoms with Gasteiger partial charge in [0.25, 0.3) is 5.91 Å². The van der Waals surface area contributed by atoms with Crippen molar-refractivity contribution in [2.24, 2.45) is 0 Å². The maximum absolute atomic E-state index is 11.6. The van der Waals surface area contributed by atoms with Crippen LogP contribution in [0.4, 0.5) is 16.7 Å². The van der Waals surface area contributed by atoms with Crippen LogP contribution in [0.5, 0.6) is 0 Å². The maximum atomic E-state index is 11.6. The maximum Gasteiger partial charge on any atom is 0.326 e. The minimum absolute atomic E-state index is 0.172. The number of anilines is 2. The topological polar surface area (TPSA) is 116 Å². The number of imide groups is 1. The quantitative estimate of drug-likeness (QED) is 0.575. The lowest BCUT2D eigenvalue weighted by atomic mass is 10.3. The molecule has 2 aromatic heterocycles. The minimum atomic E-state index is -0.533. The Morgan fingerprint density at radius 1 is 0.885 bits per heavy atom. The summed E-state index contributed by atoms with van der Waals surface area (Å²) in [5, 5.41) is 4.60. The van der Waals surface area contributed by atoms with Gasteiger partial charge in [-0.05, 0) is 18.2 Å². The van der Waals surface area contributed by atoms with Crippen LogP contribution in [0.1, 0.15) is 5.69 Å². The van der Waals surface area contributed by atoms with Crippen molar-refractivity contribution in [3.05, 3.63) is 42.1 Å². The van der Waals surface area contributed by atoms with Crippen molar-refractivity contribution >= 4 is 29.9 Å². The van der Waals surface area contributed by atoms with E-state index in [0.717, 1.165) is 32.1 Å². The molecule has 0 saturated carbocycles. The number of urea groups is 1. The largest absolute Gasteiger partial charge is 0.337 e. The second kappa shape index (κ2) is 6.75. The zero-order valence-electron chi connectivity index (χ0n) is 13.8. The zero-order chi connectivity index (χ0) is 17.9. The van der Waals surface area contributed by atoms with Crippen LogP contribution >= 0.6 is 0 Å². The van der Waals surface area contributed by atoms with E-state index in [-0.39, 0.29) is 5.70 Å². The Hall–Kier alpha value is -3.56. The van der Waals surface area contributed by atoms with Crippen LogP contribution in [0.15, 0.2) is 36.4 Å². The number of amides is 3. The molecule has 0 atom stereocenters. The Balaban J connectivity index is 1.45. The summed E-state index contributed by atoms with van der Waals surface area (Å²) in [6.07, 6.45) is 6.62. The molecule has 4 heterocycles. The summed E-state index contributed by atoms with van der Waals surface area (Å²) >= 11 is 0. The third-order valence-electron chi connectivity index (χ3n) is 4.07. The Morgan fingerprint density at radius 3 is 2.19 bits per heavy atom. The SMILES string of the molecule is O=C1NC(=O)/C(=C\c2ccnc(N3CCN(c4ncccn4)CC3)n2)N1. The first kappa shape index (κ1) is 15.9. The number of nitrogens with one attached hydrogen (secondary N) is 2. The molecular formula is C16H16N8O2. The van der Waals surface area contributed by atoms with E-state index in [1.807, 2.05) is 0 Å². The Labute approximate surface area is 149 Å². The van der Waals surface area contributed by atoms with Crippen LogP contribution in [-0.2, 0) is 4.79 Å². The third-order valence-corrected chi connectivity index (χ3v) is 4.07. The Bertz CT molecular complexity index is 862. The molecule has 2 fully saturated rings. The highest BCUT2D eigenvalue weighted by molar-refractivity contribution is 6.13. The van der Waals surface area contributed by atoms with Crippen molar-refractivity contribution in [3.63, 3.8) is 0 Å². The van der Waals surface area contributed by atoms with E-state index in [1.54, 1.807) is 30.7 Å². The number of rotatable bonds is 3. The predicted octanol–water partition coefficient (Wildman–Crippen LogP) is -0.226. The molecule has 10 heteroatoms. The molecule has 0 unspecified atom stereocenters. The molecule has 2 aliphatic heterocycles. The summed E-state index contributed by atoms with van der Waals surface area (Å²) in [6, 6.07) is 2.94. The molecule has 0 spiro atoms. The van der Waals surface area contributed by atoms with E-state index in [9.17, 15) is 9.59 Å². The summed E-state index contributed by atoms with van der Waals surface area (Å²) in [4.78, 5) is 44.3. The number of carbonyl (C=O) groups is 2. The summed E-state index contributed by atoms with van der Waals surface area (Å²) < 4.78 is 0. The van der Waals surface area contributed by atoms with Crippen molar-refractivity contribution in [2.75, 3.05) is 36.0 Å². The normalized spacial score (nSPS) is 18.8. The van der Waals surface area contributed by atoms with Gasteiger partial charge in [-0.25, -0.2) is 24.7 Å². The molecule has 3 amide bonds. The molecule has 10 nitrogen and oxygen atoms in total. The molecule has 26 heavy (non-hydrogen) atoms. The molecule has 2 saturated heterocycles. The van der Waals surface area contributed by atoms with Crippen LogP contribution in [0, 0.1) is 0 Å². The lowest BCUT2D eigenvalue weighted by Crippen LogP contribution is -2.47. The molecule has 132 valence electrons. The highest BCUT2D eigenvalue weighted by atomic mass is 16.2. The van der Waals surface area contributed by atoms with Gasteiger partial charge in [0.05, 0.1) is 5.69 Å². The molecule has 0 aromatic carbocycles. The molecule has 0 radical (unpaired) electrons. The van der Waals surface area contributed by atoms with Crippen LogP contribution in [0.25, 0.3) is 6.08 Å². The first-order valence-corrected chi connectivity index (χ1v) is 8.13. The fourth-order valence-electron chi connectivity index (χ4n) is 2.79. The lowest BCUT2D eigenvalue weighted by Gasteiger charge is -2.34. The minimum Gasteiger partial charge on any atom is -0.337 e. The fourth-order valence-corrected chi connectivity index (χ4v) is 2.79. The van der Waals surface area contributed by atoms with Crippen molar-refractivity contribution < 1.29 is 9.59 Å². The summed E-state index contributed by atoms with van der Waals surface area (Å²) in [6.45, 7) is 2.99. The van der Waals surface area contributed by atoms with Gasteiger partial charge in [-0.2, -0.15) is 0 Å².